The zero-order valence-corrected chi connectivity index (χ0v) is 13.8. The van der Waals surface area contributed by atoms with Crippen molar-refractivity contribution in [1.82, 2.24) is 9.88 Å². The molecule has 0 bridgehead atoms. The number of H-pyrrole nitrogens is 1. The number of amides is 1. The van der Waals surface area contributed by atoms with E-state index in [1.165, 1.54) is 12.1 Å². The van der Waals surface area contributed by atoms with E-state index in [9.17, 15) is 18.4 Å². The van der Waals surface area contributed by atoms with Crippen molar-refractivity contribution >= 4 is 16.8 Å². The number of aromatic nitrogens is 1. The molecule has 0 saturated carbocycles. The van der Waals surface area contributed by atoms with E-state index in [-0.39, 0.29) is 24.0 Å². The molecule has 1 amide bonds. The van der Waals surface area contributed by atoms with E-state index in [0.717, 1.165) is 11.6 Å². The molecule has 132 valence electrons. The van der Waals surface area contributed by atoms with Crippen molar-refractivity contribution in [2.45, 2.75) is 25.4 Å². The van der Waals surface area contributed by atoms with E-state index >= 15 is 0 Å². The number of hydrogen-bond donors (Lipinski definition) is 1. The summed E-state index contributed by atoms with van der Waals surface area (Å²) < 4.78 is 27.6. The molecule has 1 unspecified atom stereocenters. The first-order valence-electron chi connectivity index (χ1n) is 8.39. The number of aromatic amines is 1. The van der Waals surface area contributed by atoms with Crippen molar-refractivity contribution in [3.05, 3.63) is 81.6 Å². The van der Waals surface area contributed by atoms with Gasteiger partial charge in [-0.25, -0.2) is 8.78 Å². The molecule has 1 aliphatic rings. The van der Waals surface area contributed by atoms with Gasteiger partial charge in [0.25, 0.3) is 0 Å². The first-order chi connectivity index (χ1) is 12.5. The van der Waals surface area contributed by atoms with E-state index in [4.69, 9.17) is 0 Å². The molecular weight excluding hydrogens is 338 g/mol. The number of nitrogens with zero attached hydrogens (tertiary/aromatic N) is 1. The second kappa shape index (κ2) is 6.37. The minimum atomic E-state index is -1.09. The Labute approximate surface area is 148 Å². The van der Waals surface area contributed by atoms with Gasteiger partial charge in [-0.15, -0.1) is 0 Å². The molecular formula is C20H16F2N2O2. The Morgan fingerprint density at radius 2 is 1.85 bits per heavy atom. The van der Waals surface area contributed by atoms with Gasteiger partial charge in [-0.05, 0) is 29.7 Å². The molecule has 1 saturated heterocycles. The number of fused-ring (bicyclic) bond motifs is 1. The monoisotopic (exact) mass is 354 g/mol. The molecule has 0 radical (unpaired) electrons. The van der Waals surface area contributed by atoms with Crippen LogP contribution in [0.1, 0.15) is 30.0 Å². The number of likely N-dealkylation sites (tertiary alicyclic amines) is 1. The molecule has 2 aromatic carbocycles. The number of nitrogens with one attached hydrogen (secondary N) is 1. The molecule has 26 heavy (non-hydrogen) atoms. The highest BCUT2D eigenvalue weighted by atomic mass is 19.2. The lowest BCUT2D eigenvalue weighted by Crippen LogP contribution is -2.28. The molecule has 4 nitrogen and oxygen atoms in total. The minimum absolute atomic E-state index is 0.0186. The summed E-state index contributed by atoms with van der Waals surface area (Å²) in [5, 5.41) is 0.398. The van der Waals surface area contributed by atoms with Gasteiger partial charge in [0.15, 0.2) is 11.6 Å². The Bertz CT molecular complexity index is 1050. The third kappa shape index (κ3) is 2.77. The first kappa shape index (κ1) is 16.4. The van der Waals surface area contributed by atoms with Crippen LogP contribution in [0.3, 0.4) is 0 Å². The summed E-state index contributed by atoms with van der Waals surface area (Å²) in [7, 11) is 0. The van der Waals surface area contributed by atoms with Gasteiger partial charge in [0, 0.05) is 24.4 Å². The van der Waals surface area contributed by atoms with Crippen LogP contribution in [0, 0.1) is 11.6 Å². The largest absolute Gasteiger partial charge is 0.331 e. The van der Waals surface area contributed by atoms with Crippen molar-refractivity contribution in [3.8, 4) is 0 Å². The van der Waals surface area contributed by atoms with Gasteiger partial charge in [-0.1, -0.05) is 30.3 Å². The van der Waals surface area contributed by atoms with Crippen LogP contribution in [0.2, 0.25) is 0 Å². The molecule has 1 aliphatic heterocycles. The van der Waals surface area contributed by atoms with Crippen molar-refractivity contribution in [3.63, 3.8) is 0 Å². The fourth-order valence-corrected chi connectivity index (χ4v) is 3.60. The third-order valence-corrected chi connectivity index (χ3v) is 4.85. The zero-order chi connectivity index (χ0) is 18.3. The number of carbonyl (C=O) groups excluding carboxylic acids is 1. The maximum atomic E-state index is 14.1. The van der Waals surface area contributed by atoms with Crippen LogP contribution < -0.4 is 5.56 Å². The topological polar surface area (TPSA) is 53.2 Å². The maximum Gasteiger partial charge on any atom is 0.248 e. The molecule has 2 heterocycles. The highest BCUT2D eigenvalue weighted by molar-refractivity contribution is 5.84. The van der Waals surface area contributed by atoms with E-state index in [1.54, 1.807) is 4.90 Å². The van der Waals surface area contributed by atoms with Crippen LogP contribution in [-0.4, -0.2) is 15.8 Å². The first-order valence-corrected chi connectivity index (χ1v) is 8.39. The van der Waals surface area contributed by atoms with Crippen LogP contribution in [0.5, 0.6) is 0 Å². The predicted octanol–water partition coefficient (Wildman–Crippen LogP) is 3.67. The molecule has 1 atom stereocenters. The molecule has 0 aliphatic carbocycles. The Morgan fingerprint density at radius 1 is 1.08 bits per heavy atom. The van der Waals surface area contributed by atoms with Crippen molar-refractivity contribution in [2.75, 3.05) is 0 Å². The van der Waals surface area contributed by atoms with Crippen LogP contribution in [0.25, 0.3) is 10.9 Å². The van der Waals surface area contributed by atoms with Crippen LogP contribution in [0.4, 0.5) is 8.78 Å². The Morgan fingerprint density at radius 3 is 2.62 bits per heavy atom. The SMILES string of the molecule is O=C1CCC(c2ccccc2)N1Cc1cc(=O)[nH]c2c(F)c(F)ccc12. The summed E-state index contributed by atoms with van der Waals surface area (Å²) in [6.07, 6.45) is 1.11. The quantitative estimate of drug-likeness (QED) is 0.780. The molecule has 6 heteroatoms. The highest BCUT2D eigenvalue weighted by Gasteiger charge is 2.32. The van der Waals surface area contributed by atoms with Gasteiger partial charge in [0.05, 0.1) is 11.6 Å². The summed E-state index contributed by atoms with van der Waals surface area (Å²) in [5.74, 6) is -2.13. The number of hydrogen-bond acceptors (Lipinski definition) is 2. The van der Waals surface area contributed by atoms with Crippen molar-refractivity contribution < 1.29 is 13.6 Å². The predicted molar refractivity (Wildman–Crippen MR) is 93.5 cm³/mol. The lowest BCUT2D eigenvalue weighted by atomic mass is 10.0. The van der Waals surface area contributed by atoms with Crippen LogP contribution in [0.15, 0.2) is 53.3 Å². The maximum absolute atomic E-state index is 14.1. The average molecular weight is 354 g/mol. The van der Waals surface area contributed by atoms with Gasteiger partial charge in [-0.3, -0.25) is 9.59 Å². The highest BCUT2D eigenvalue weighted by Crippen LogP contribution is 2.34. The van der Waals surface area contributed by atoms with E-state index < -0.39 is 17.2 Å². The number of benzene rings is 2. The molecule has 1 fully saturated rings. The summed E-state index contributed by atoms with van der Waals surface area (Å²) in [6, 6.07) is 13.4. The van der Waals surface area contributed by atoms with Crippen LogP contribution in [-0.2, 0) is 11.3 Å². The minimum Gasteiger partial charge on any atom is -0.331 e. The standard InChI is InChI=1S/C20H16F2N2O2/c21-15-7-6-14-13(10-17(25)23-20(14)19(15)22)11-24-16(8-9-18(24)26)12-4-2-1-3-5-12/h1-7,10,16H,8-9,11H2,(H,23,25). The molecule has 0 spiro atoms. The number of pyridine rings is 1. The van der Waals surface area contributed by atoms with Gasteiger partial charge < -0.3 is 9.88 Å². The Hall–Kier alpha value is -3.02. The van der Waals surface area contributed by atoms with E-state index in [1.807, 2.05) is 30.3 Å². The number of halogens is 2. The van der Waals surface area contributed by atoms with Crippen LogP contribution >= 0.6 is 0 Å². The summed E-state index contributed by atoms with van der Waals surface area (Å²) >= 11 is 0. The van der Waals surface area contributed by atoms with Gasteiger partial charge in [0.1, 0.15) is 0 Å². The van der Waals surface area contributed by atoms with Gasteiger partial charge >= 0.3 is 0 Å². The lowest BCUT2D eigenvalue weighted by Gasteiger charge is -2.26. The second-order valence-corrected chi connectivity index (χ2v) is 6.43. The Kier molecular flexibility index (Phi) is 4.03. The molecule has 3 aromatic rings. The fourth-order valence-electron chi connectivity index (χ4n) is 3.60. The fraction of sp³-hybridized carbons (Fsp3) is 0.200. The summed E-state index contributed by atoms with van der Waals surface area (Å²) in [5.41, 5.74) is 0.818. The average Bonchev–Trinajstić information content (AvgIpc) is 3.00. The summed E-state index contributed by atoms with van der Waals surface area (Å²) in [6.45, 7) is 0.171. The number of rotatable bonds is 3. The third-order valence-electron chi connectivity index (χ3n) is 4.85. The molecule has 1 N–H and O–H groups in total. The smallest absolute Gasteiger partial charge is 0.248 e. The number of carbonyl (C=O) groups is 1. The van der Waals surface area contributed by atoms with Gasteiger partial charge in [0.2, 0.25) is 11.5 Å². The normalized spacial score (nSPS) is 17.2. The second-order valence-electron chi connectivity index (χ2n) is 6.43. The van der Waals surface area contributed by atoms with Crippen molar-refractivity contribution in [1.29, 1.82) is 0 Å². The van der Waals surface area contributed by atoms with Gasteiger partial charge in [-0.2, -0.15) is 0 Å². The van der Waals surface area contributed by atoms with E-state index in [2.05, 4.69) is 4.98 Å². The van der Waals surface area contributed by atoms with Crippen molar-refractivity contribution in [2.24, 2.45) is 0 Å². The lowest BCUT2D eigenvalue weighted by molar-refractivity contribution is -0.129. The molecule has 4 rings (SSSR count). The summed E-state index contributed by atoms with van der Waals surface area (Å²) in [4.78, 5) is 28.4. The zero-order valence-electron chi connectivity index (χ0n) is 13.8. The Balaban J connectivity index is 1.78. The van der Waals surface area contributed by atoms with E-state index in [0.29, 0.717) is 23.8 Å². The molecule has 1 aromatic heterocycles.